The molecule has 0 radical (unpaired) electrons. The number of nitrogens with zero attached hydrogens (tertiary/aromatic N) is 3. The van der Waals surface area contributed by atoms with Crippen molar-refractivity contribution in [3.8, 4) is 11.3 Å². The number of hydrogen-bond acceptors (Lipinski definition) is 3. The maximum absolute atomic E-state index is 12.7. The highest BCUT2D eigenvalue weighted by Crippen LogP contribution is 2.22. The number of carbonyl (C=O) groups is 1. The minimum Gasteiger partial charge on any atom is -0.356 e. The molecule has 0 spiro atoms. The number of hydrogen-bond donors (Lipinski definition) is 1. The average Bonchev–Trinajstić information content (AvgIpc) is 3.11. The predicted molar refractivity (Wildman–Crippen MR) is 107 cm³/mol. The lowest BCUT2D eigenvalue weighted by atomic mass is 10.0. The Balaban J connectivity index is 1.82. The van der Waals surface area contributed by atoms with E-state index in [-0.39, 0.29) is 17.9 Å². The molecule has 0 fully saturated rings. The Labute approximate surface area is 158 Å². The van der Waals surface area contributed by atoms with Crippen molar-refractivity contribution in [2.24, 2.45) is 0 Å². The molecule has 0 saturated heterocycles. The second kappa shape index (κ2) is 8.20. The molecule has 0 unspecified atom stereocenters. The number of aromatic nitrogens is 3. The molecule has 3 rings (SSSR count). The van der Waals surface area contributed by atoms with Crippen LogP contribution in [-0.2, 0) is 11.3 Å². The van der Waals surface area contributed by atoms with E-state index in [0.717, 1.165) is 17.7 Å². The van der Waals surface area contributed by atoms with E-state index in [2.05, 4.69) is 36.4 Å². The summed E-state index contributed by atoms with van der Waals surface area (Å²) in [6, 6.07) is 10.1. The maximum Gasteiger partial charge on any atom is 0.276 e. The van der Waals surface area contributed by atoms with Crippen molar-refractivity contribution in [1.82, 2.24) is 19.5 Å². The highest BCUT2D eigenvalue weighted by atomic mass is 16.1. The molecule has 142 valence electrons. The van der Waals surface area contributed by atoms with Gasteiger partial charge in [-0.15, -0.1) is 0 Å². The van der Waals surface area contributed by atoms with Crippen LogP contribution in [0.1, 0.15) is 45.1 Å². The van der Waals surface area contributed by atoms with E-state index in [1.807, 2.05) is 19.1 Å². The topological polar surface area (TPSA) is 68.4 Å². The summed E-state index contributed by atoms with van der Waals surface area (Å²) in [5.74, 6) is 0.435. The first-order valence-electron chi connectivity index (χ1n) is 9.45. The van der Waals surface area contributed by atoms with Crippen LogP contribution in [-0.4, -0.2) is 26.6 Å². The standard InChI is InChI=1S/C21H26N4O2/c1-4-10-22-20(26)9-11-24-12-13-25-19(21(24)27)14-18(23-25)17-7-5-16(6-8-17)15(2)3/h5-8,12-15H,4,9-11H2,1-3H3,(H,22,26). The Hall–Kier alpha value is -2.89. The Morgan fingerprint density at radius 3 is 2.59 bits per heavy atom. The molecule has 1 N–H and O–H groups in total. The SMILES string of the molecule is CCCNC(=O)CCn1ccn2nc(-c3ccc(C(C)C)cc3)cc2c1=O. The van der Waals surface area contributed by atoms with Gasteiger partial charge in [-0.1, -0.05) is 45.0 Å². The van der Waals surface area contributed by atoms with Crippen LogP contribution in [0.25, 0.3) is 16.8 Å². The summed E-state index contributed by atoms with van der Waals surface area (Å²) in [5, 5.41) is 7.34. The average molecular weight is 366 g/mol. The summed E-state index contributed by atoms with van der Waals surface area (Å²) in [6.07, 6.45) is 4.62. The fourth-order valence-corrected chi connectivity index (χ4v) is 2.96. The molecular weight excluding hydrogens is 340 g/mol. The van der Waals surface area contributed by atoms with Gasteiger partial charge in [0.15, 0.2) is 0 Å². The van der Waals surface area contributed by atoms with Gasteiger partial charge in [-0.3, -0.25) is 9.59 Å². The van der Waals surface area contributed by atoms with E-state index >= 15 is 0 Å². The molecule has 0 saturated carbocycles. The largest absolute Gasteiger partial charge is 0.356 e. The molecule has 2 aromatic heterocycles. The molecular formula is C21H26N4O2. The maximum atomic E-state index is 12.7. The predicted octanol–water partition coefficient (Wildman–Crippen LogP) is 3.20. The van der Waals surface area contributed by atoms with Gasteiger partial charge in [-0.05, 0) is 24.0 Å². The van der Waals surface area contributed by atoms with Gasteiger partial charge in [0.25, 0.3) is 5.56 Å². The van der Waals surface area contributed by atoms with Crippen LogP contribution in [0.4, 0.5) is 0 Å². The molecule has 6 nitrogen and oxygen atoms in total. The molecule has 0 aliphatic carbocycles. The van der Waals surface area contributed by atoms with Crippen molar-refractivity contribution in [1.29, 1.82) is 0 Å². The zero-order valence-electron chi connectivity index (χ0n) is 16.1. The van der Waals surface area contributed by atoms with Gasteiger partial charge >= 0.3 is 0 Å². The van der Waals surface area contributed by atoms with Gasteiger partial charge < -0.3 is 9.88 Å². The Morgan fingerprint density at radius 2 is 1.93 bits per heavy atom. The van der Waals surface area contributed by atoms with E-state index in [0.29, 0.717) is 24.5 Å². The fourth-order valence-electron chi connectivity index (χ4n) is 2.96. The summed E-state index contributed by atoms with van der Waals surface area (Å²) in [4.78, 5) is 24.5. The van der Waals surface area contributed by atoms with Crippen molar-refractivity contribution >= 4 is 11.4 Å². The van der Waals surface area contributed by atoms with E-state index < -0.39 is 0 Å². The third-order valence-electron chi connectivity index (χ3n) is 4.63. The highest BCUT2D eigenvalue weighted by molar-refractivity contribution is 5.75. The summed E-state index contributed by atoms with van der Waals surface area (Å²) in [6.45, 7) is 7.34. The zero-order valence-corrected chi connectivity index (χ0v) is 16.1. The number of nitrogens with one attached hydrogen (secondary N) is 1. The lowest BCUT2D eigenvalue weighted by Crippen LogP contribution is -2.28. The number of rotatable bonds is 7. The van der Waals surface area contributed by atoms with Crippen LogP contribution in [0.5, 0.6) is 0 Å². The van der Waals surface area contributed by atoms with Crippen LogP contribution < -0.4 is 10.9 Å². The number of carbonyl (C=O) groups excluding carboxylic acids is 1. The molecule has 0 atom stereocenters. The first-order chi connectivity index (χ1) is 13.0. The minimum absolute atomic E-state index is 0.0388. The van der Waals surface area contributed by atoms with Crippen LogP contribution in [0.15, 0.2) is 47.5 Å². The molecule has 27 heavy (non-hydrogen) atoms. The van der Waals surface area contributed by atoms with Gasteiger partial charge in [-0.25, -0.2) is 4.52 Å². The monoisotopic (exact) mass is 366 g/mol. The summed E-state index contributed by atoms with van der Waals surface area (Å²) in [7, 11) is 0. The van der Waals surface area contributed by atoms with Gasteiger partial charge in [0.2, 0.25) is 5.91 Å². The number of amides is 1. The fraction of sp³-hybridized carbons (Fsp3) is 0.381. The van der Waals surface area contributed by atoms with Gasteiger partial charge in [0.1, 0.15) is 5.52 Å². The molecule has 6 heteroatoms. The van der Waals surface area contributed by atoms with E-state index in [1.165, 1.54) is 5.56 Å². The number of aryl methyl sites for hydroxylation is 1. The van der Waals surface area contributed by atoms with Gasteiger partial charge in [-0.2, -0.15) is 5.10 Å². The van der Waals surface area contributed by atoms with Gasteiger partial charge in [0, 0.05) is 37.5 Å². The summed E-state index contributed by atoms with van der Waals surface area (Å²) in [5.41, 5.74) is 3.38. The summed E-state index contributed by atoms with van der Waals surface area (Å²) < 4.78 is 3.16. The number of benzene rings is 1. The first-order valence-corrected chi connectivity index (χ1v) is 9.45. The van der Waals surface area contributed by atoms with Crippen molar-refractivity contribution < 1.29 is 4.79 Å². The molecule has 1 aromatic carbocycles. The third kappa shape index (κ3) is 4.27. The highest BCUT2D eigenvalue weighted by Gasteiger charge is 2.10. The molecule has 3 aromatic rings. The Bertz CT molecular complexity index is 984. The Morgan fingerprint density at radius 1 is 1.19 bits per heavy atom. The normalized spacial score (nSPS) is 11.3. The molecule has 1 amide bonds. The Kier molecular flexibility index (Phi) is 5.74. The van der Waals surface area contributed by atoms with Crippen LogP contribution in [0.2, 0.25) is 0 Å². The molecule has 0 bridgehead atoms. The number of fused-ring (bicyclic) bond motifs is 1. The lowest BCUT2D eigenvalue weighted by molar-refractivity contribution is -0.121. The molecule has 0 aliphatic heterocycles. The molecule has 0 aliphatic rings. The first kappa shape index (κ1) is 18.9. The van der Waals surface area contributed by atoms with Crippen molar-refractivity contribution in [3.63, 3.8) is 0 Å². The van der Waals surface area contributed by atoms with Crippen molar-refractivity contribution in [3.05, 3.63) is 58.6 Å². The smallest absolute Gasteiger partial charge is 0.276 e. The van der Waals surface area contributed by atoms with Crippen molar-refractivity contribution in [2.75, 3.05) is 6.54 Å². The summed E-state index contributed by atoms with van der Waals surface area (Å²) >= 11 is 0. The van der Waals surface area contributed by atoms with E-state index in [9.17, 15) is 9.59 Å². The van der Waals surface area contributed by atoms with Crippen LogP contribution >= 0.6 is 0 Å². The molecule has 2 heterocycles. The third-order valence-corrected chi connectivity index (χ3v) is 4.63. The van der Waals surface area contributed by atoms with Crippen LogP contribution in [0.3, 0.4) is 0 Å². The van der Waals surface area contributed by atoms with E-state index in [1.54, 1.807) is 27.5 Å². The quantitative estimate of drug-likeness (QED) is 0.698. The minimum atomic E-state index is -0.140. The second-order valence-electron chi connectivity index (χ2n) is 7.03. The second-order valence-corrected chi connectivity index (χ2v) is 7.03. The lowest BCUT2D eigenvalue weighted by Gasteiger charge is -2.06. The zero-order chi connectivity index (χ0) is 19.4. The van der Waals surface area contributed by atoms with Gasteiger partial charge in [0.05, 0.1) is 5.69 Å². The van der Waals surface area contributed by atoms with E-state index in [4.69, 9.17) is 0 Å². The van der Waals surface area contributed by atoms with Crippen LogP contribution in [0, 0.1) is 0 Å². The van der Waals surface area contributed by atoms with Crippen molar-refractivity contribution in [2.45, 2.75) is 46.1 Å².